The van der Waals surface area contributed by atoms with Crippen molar-refractivity contribution in [3.05, 3.63) is 65.0 Å². The highest BCUT2D eigenvalue weighted by Gasteiger charge is 2.39. The van der Waals surface area contributed by atoms with E-state index in [4.69, 9.17) is 0 Å². The van der Waals surface area contributed by atoms with Gasteiger partial charge in [0.25, 0.3) is 5.91 Å². The molecular weight excluding hydrogens is 494 g/mol. The number of anilines is 1. The fourth-order valence-corrected chi connectivity index (χ4v) is 4.01. The minimum Gasteiger partial charge on any atom is -0.393 e. The van der Waals surface area contributed by atoms with E-state index in [1.54, 1.807) is 11.8 Å². The van der Waals surface area contributed by atoms with Crippen LogP contribution in [0.25, 0.3) is 0 Å². The van der Waals surface area contributed by atoms with Crippen LogP contribution in [-0.2, 0) is 11.3 Å². The van der Waals surface area contributed by atoms with E-state index < -0.39 is 30.1 Å². The normalized spacial score (nSPS) is 16.4. The van der Waals surface area contributed by atoms with Crippen molar-refractivity contribution in [2.45, 2.75) is 51.1 Å². The quantitative estimate of drug-likeness (QED) is 0.433. The Morgan fingerprint density at radius 3 is 2.24 bits per heavy atom. The van der Waals surface area contributed by atoms with Crippen LogP contribution in [-0.4, -0.2) is 70.3 Å². The number of amides is 2. The second-order valence-corrected chi connectivity index (χ2v) is 9.10. The minimum atomic E-state index is -4.72. The summed E-state index contributed by atoms with van der Waals surface area (Å²) in [7, 11) is 0. The summed E-state index contributed by atoms with van der Waals surface area (Å²) in [4.78, 5) is 28.5. The van der Waals surface area contributed by atoms with Crippen molar-refractivity contribution in [1.29, 1.82) is 0 Å². The van der Waals surface area contributed by atoms with Gasteiger partial charge in [-0.1, -0.05) is 31.2 Å². The van der Waals surface area contributed by atoms with Crippen LogP contribution >= 0.6 is 0 Å². The van der Waals surface area contributed by atoms with Crippen molar-refractivity contribution >= 4 is 17.5 Å². The third-order valence-corrected chi connectivity index (χ3v) is 6.34. The van der Waals surface area contributed by atoms with Gasteiger partial charge < -0.3 is 20.4 Å². The number of carbonyl (C=O) groups is 2. The Morgan fingerprint density at radius 2 is 1.68 bits per heavy atom. The van der Waals surface area contributed by atoms with Crippen molar-refractivity contribution in [2.75, 3.05) is 31.5 Å². The lowest BCUT2D eigenvalue weighted by Gasteiger charge is -2.35. The lowest BCUT2D eigenvalue weighted by atomic mass is 10.1. The molecule has 202 valence electrons. The average molecular weight is 526 g/mol. The minimum absolute atomic E-state index is 0.0360. The van der Waals surface area contributed by atoms with E-state index in [0.717, 1.165) is 11.6 Å². The van der Waals surface area contributed by atoms with Gasteiger partial charge in [-0.25, -0.2) is 4.39 Å². The van der Waals surface area contributed by atoms with Gasteiger partial charge in [-0.05, 0) is 42.2 Å². The summed E-state index contributed by atoms with van der Waals surface area (Å²) in [6, 6.07) is 9.46. The van der Waals surface area contributed by atoms with Gasteiger partial charge in [-0.15, -0.1) is 0 Å². The molecule has 2 aromatic carbocycles. The lowest BCUT2D eigenvalue weighted by Crippen LogP contribution is -2.48. The largest absolute Gasteiger partial charge is 0.418 e. The molecule has 2 amide bonds. The first-order chi connectivity index (χ1) is 17.5. The van der Waals surface area contributed by atoms with E-state index in [-0.39, 0.29) is 35.6 Å². The zero-order chi connectivity index (χ0) is 27.2. The van der Waals surface area contributed by atoms with Crippen molar-refractivity contribution in [3.8, 4) is 0 Å². The van der Waals surface area contributed by atoms with E-state index in [1.807, 2.05) is 4.90 Å². The number of aliphatic hydroxyl groups is 2. The molecule has 3 N–H and O–H groups in total. The Kier molecular flexibility index (Phi) is 9.63. The topological polar surface area (TPSA) is 93.1 Å². The number of halogens is 4. The van der Waals surface area contributed by atoms with Crippen molar-refractivity contribution < 1.29 is 37.4 Å². The van der Waals surface area contributed by atoms with E-state index >= 15 is 0 Å². The molecule has 1 fully saturated rings. The van der Waals surface area contributed by atoms with Gasteiger partial charge >= 0.3 is 6.18 Å². The molecule has 0 spiro atoms. The van der Waals surface area contributed by atoms with E-state index in [0.29, 0.717) is 39.1 Å². The molecule has 37 heavy (non-hydrogen) atoms. The highest BCUT2D eigenvalue weighted by molar-refractivity contribution is 5.96. The number of nitrogens with zero attached hydrogens (tertiary/aromatic N) is 2. The van der Waals surface area contributed by atoms with Gasteiger partial charge in [0, 0.05) is 44.7 Å². The Bertz CT molecular complexity index is 1070. The molecule has 0 bridgehead atoms. The number of carbonyl (C=O) groups excluding carboxylic acids is 2. The van der Waals surface area contributed by atoms with Crippen LogP contribution in [0.3, 0.4) is 0 Å². The zero-order valence-electron chi connectivity index (χ0n) is 20.5. The summed E-state index contributed by atoms with van der Waals surface area (Å²) in [5, 5.41) is 21.3. The fourth-order valence-electron chi connectivity index (χ4n) is 4.01. The number of aliphatic hydroxyl groups excluding tert-OH is 2. The van der Waals surface area contributed by atoms with Gasteiger partial charge in [0.05, 0.1) is 11.8 Å². The molecule has 2 aromatic rings. The number of rotatable bonds is 9. The second kappa shape index (κ2) is 12.5. The highest BCUT2D eigenvalue weighted by atomic mass is 19.4. The summed E-state index contributed by atoms with van der Waals surface area (Å²) in [5.41, 5.74) is 0.678. The summed E-state index contributed by atoms with van der Waals surface area (Å²) in [6.45, 7) is 4.11. The molecule has 2 unspecified atom stereocenters. The van der Waals surface area contributed by atoms with E-state index in [9.17, 15) is 37.4 Å². The van der Waals surface area contributed by atoms with Crippen molar-refractivity contribution in [1.82, 2.24) is 9.80 Å². The SMILES string of the molecule is CCC(O)CCC(=O)Nc1ccc(C(=O)N2CCN(Cc3ccc(C(O)C(F)(F)F)cc3)CC2)cc1F. The van der Waals surface area contributed by atoms with Gasteiger partial charge in [-0.3, -0.25) is 14.5 Å². The molecule has 0 radical (unpaired) electrons. The smallest absolute Gasteiger partial charge is 0.393 e. The number of hydrogen-bond acceptors (Lipinski definition) is 5. The third-order valence-electron chi connectivity index (χ3n) is 6.34. The summed E-state index contributed by atoms with van der Waals surface area (Å²) in [5.74, 6) is -1.49. The Morgan fingerprint density at radius 1 is 1.03 bits per heavy atom. The molecule has 0 aliphatic carbocycles. The number of benzene rings is 2. The average Bonchev–Trinajstić information content (AvgIpc) is 2.88. The van der Waals surface area contributed by atoms with E-state index in [2.05, 4.69) is 5.32 Å². The molecule has 11 heteroatoms. The maximum absolute atomic E-state index is 14.5. The predicted octanol–water partition coefficient (Wildman–Crippen LogP) is 3.87. The number of alkyl halides is 3. The van der Waals surface area contributed by atoms with E-state index in [1.165, 1.54) is 36.4 Å². The Hall–Kier alpha value is -3.02. The first-order valence-electron chi connectivity index (χ1n) is 12.1. The molecular formula is C26H31F4N3O4. The first-order valence-corrected chi connectivity index (χ1v) is 12.1. The van der Waals surface area contributed by atoms with Crippen LogP contribution in [0.1, 0.15) is 53.8 Å². The number of hydrogen-bond donors (Lipinski definition) is 3. The molecule has 1 saturated heterocycles. The Labute approximate surface area is 212 Å². The fraction of sp³-hybridized carbons (Fsp3) is 0.462. The van der Waals surface area contributed by atoms with Gasteiger partial charge in [0.1, 0.15) is 5.82 Å². The van der Waals surface area contributed by atoms with Crippen LogP contribution in [0.15, 0.2) is 42.5 Å². The maximum Gasteiger partial charge on any atom is 0.418 e. The number of piperazine rings is 1. The van der Waals surface area contributed by atoms with Gasteiger partial charge in [-0.2, -0.15) is 13.2 Å². The summed E-state index contributed by atoms with van der Waals surface area (Å²) >= 11 is 0. The highest BCUT2D eigenvalue weighted by Crippen LogP contribution is 2.32. The van der Waals surface area contributed by atoms with Crippen molar-refractivity contribution in [3.63, 3.8) is 0 Å². The monoisotopic (exact) mass is 525 g/mol. The molecule has 3 rings (SSSR count). The molecule has 1 heterocycles. The zero-order valence-corrected chi connectivity index (χ0v) is 20.5. The van der Waals surface area contributed by atoms with Crippen molar-refractivity contribution in [2.24, 2.45) is 0 Å². The Balaban J connectivity index is 1.50. The second-order valence-electron chi connectivity index (χ2n) is 9.10. The first kappa shape index (κ1) is 28.5. The summed E-state index contributed by atoms with van der Waals surface area (Å²) in [6.07, 6.45) is -6.98. The van der Waals surface area contributed by atoms with Gasteiger partial charge in [0.2, 0.25) is 5.91 Å². The van der Waals surface area contributed by atoms with Crippen LogP contribution in [0.2, 0.25) is 0 Å². The summed E-state index contributed by atoms with van der Waals surface area (Å²) < 4.78 is 52.5. The molecule has 0 saturated carbocycles. The van der Waals surface area contributed by atoms with Crippen LogP contribution < -0.4 is 5.32 Å². The molecule has 1 aliphatic rings. The standard InChI is InChI=1S/C26H31F4N3O4/c1-2-20(34)8-10-23(35)31-22-9-7-19(15-21(22)27)25(37)33-13-11-32(12-14-33)16-17-3-5-18(6-4-17)24(36)26(28,29)30/h3-7,9,15,20,24,34,36H,2,8,10-14,16H2,1H3,(H,31,35). The molecule has 7 nitrogen and oxygen atoms in total. The van der Waals surface area contributed by atoms with Crippen LogP contribution in [0.5, 0.6) is 0 Å². The number of nitrogens with one attached hydrogen (secondary N) is 1. The molecule has 0 aromatic heterocycles. The van der Waals surface area contributed by atoms with Gasteiger partial charge in [0.15, 0.2) is 6.10 Å². The molecule has 2 atom stereocenters. The third kappa shape index (κ3) is 7.98. The molecule has 1 aliphatic heterocycles. The lowest BCUT2D eigenvalue weighted by molar-refractivity contribution is -0.206. The van der Waals surface area contributed by atoms with Crippen LogP contribution in [0, 0.1) is 5.82 Å². The predicted molar refractivity (Wildman–Crippen MR) is 129 cm³/mol. The van der Waals surface area contributed by atoms with Crippen LogP contribution in [0.4, 0.5) is 23.2 Å². The maximum atomic E-state index is 14.5.